The molecule has 3 aromatic carbocycles. The van der Waals surface area contributed by atoms with Gasteiger partial charge in [-0.2, -0.15) is 0 Å². The van der Waals surface area contributed by atoms with E-state index in [1.807, 2.05) is 55.5 Å². The minimum atomic E-state index is -0.467. The number of benzene rings is 3. The third kappa shape index (κ3) is 6.77. The molecule has 0 saturated carbocycles. The molecule has 0 unspecified atom stereocenters. The third-order valence-electron chi connectivity index (χ3n) is 5.67. The molecule has 4 rings (SSSR count). The maximum absolute atomic E-state index is 11.9. The number of methoxy groups -OCH3 is 1. The Hall–Kier alpha value is -4.10. The number of oxazole rings is 1. The summed E-state index contributed by atoms with van der Waals surface area (Å²) in [5, 5.41) is 0.675. The molecule has 0 aliphatic rings. The molecule has 0 saturated heterocycles. The molecular weight excluding hydrogens is 494 g/mol. The van der Waals surface area contributed by atoms with Crippen LogP contribution < -0.4 is 4.74 Å². The number of hydrogen-bond acceptors (Lipinski definition) is 7. The van der Waals surface area contributed by atoms with Gasteiger partial charge in [0.2, 0.25) is 0 Å². The van der Waals surface area contributed by atoms with Crippen LogP contribution in [0, 0.1) is 6.92 Å². The van der Waals surface area contributed by atoms with E-state index in [2.05, 4.69) is 4.98 Å². The summed E-state index contributed by atoms with van der Waals surface area (Å²) >= 11 is 6.08. The molecule has 0 atom stereocenters. The van der Waals surface area contributed by atoms with Crippen molar-refractivity contribution in [3.8, 4) is 17.0 Å². The highest BCUT2D eigenvalue weighted by molar-refractivity contribution is 6.30. The van der Waals surface area contributed by atoms with Crippen LogP contribution in [-0.2, 0) is 33.9 Å². The van der Waals surface area contributed by atoms with Gasteiger partial charge in [0.15, 0.2) is 5.89 Å². The van der Waals surface area contributed by atoms with Crippen molar-refractivity contribution in [2.75, 3.05) is 7.11 Å². The third-order valence-corrected chi connectivity index (χ3v) is 5.90. The van der Waals surface area contributed by atoms with E-state index in [1.165, 1.54) is 14.0 Å². The lowest BCUT2D eigenvalue weighted by molar-refractivity contribution is -0.142. The molecule has 0 fully saturated rings. The second-order valence-electron chi connectivity index (χ2n) is 8.39. The van der Waals surface area contributed by atoms with Gasteiger partial charge in [-0.25, -0.2) is 9.78 Å². The highest BCUT2D eigenvalue weighted by Crippen LogP contribution is 2.27. The fourth-order valence-corrected chi connectivity index (χ4v) is 4.02. The van der Waals surface area contributed by atoms with Gasteiger partial charge in [-0.3, -0.25) is 4.79 Å². The smallest absolute Gasteiger partial charge is 0.337 e. The number of hydrogen-bond donors (Lipinski definition) is 0. The number of esters is 2. The van der Waals surface area contributed by atoms with Crippen LogP contribution in [0.5, 0.6) is 5.75 Å². The molecule has 0 N–H and O–H groups in total. The lowest BCUT2D eigenvalue weighted by Gasteiger charge is -2.13. The molecular formula is C29H26ClNO6. The van der Waals surface area contributed by atoms with Crippen molar-refractivity contribution in [2.24, 2.45) is 0 Å². The monoisotopic (exact) mass is 519 g/mol. The summed E-state index contributed by atoms with van der Waals surface area (Å²) in [4.78, 5) is 27.9. The maximum Gasteiger partial charge on any atom is 0.337 e. The van der Waals surface area contributed by atoms with Crippen molar-refractivity contribution in [3.63, 3.8) is 0 Å². The van der Waals surface area contributed by atoms with E-state index < -0.39 is 11.9 Å². The van der Waals surface area contributed by atoms with Crippen molar-refractivity contribution in [2.45, 2.75) is 33.5 Å². The molecule has 7 nitrogen and oxygen atoms in total. The predicted octanol–water partition coefficient (Wildman–Crippen LogP) is 6.32. The molecule has 4 aromatic rings. The summed E-state index contributed by atoms with van der Waals surface area (Å²) in [6.45, 7) is 3.47. The van der Waals surface area contributed by atoms with E-state index in [9.17, 15) is 9.59 Å². The molecule has 8 heteroatoms. The van der Waals surface area contributed by atoms with Crippen LogP contribution in [0.1, 0.15) is 45.6 Å². The van der Waals surface area contributed by atoms with Crippen molar-refractivity contribution in [1.29, 1.82) is 0 Å². The van der Waals surface area contributed by atoms with E-state index in [-0.39, 0.29) is 13.2 Å². The first kappa shape index (κ1) is 26.0. The van der Waals surface area contributed by atoms with Crippen molar-refractivity contribution < 1.29 is 28.2 Å². The number of aryl methyl sites for hydroxylation is 1. The van der Waals surface area contributed by atoms with Crippen LogP contribution in [0.4, 0.5) is 0 Å². The number of halogens is 1. The van der Waals surface area contributed by atoms with Crippen LogP contribution in [0.25, 0.3) is 11.3 Å². The molecule has 0 spiro atoms. The summed E-state index contributed by atoms with van der Waals surface area (Å²) in [7, 11) is 1.31. The first-order chi connectivity index (χ1) is 17.8. The minimum absolute atomic E-state index is 0.0285. The van der Waals surface area contributed by atoms with E-state index in [0.29, 0.717) is 34.2 Å². The van der Waals surface area contributed by atoms with Gasteiger partial charge < -0.3 is 18.6 Å². The van der Waals surface area contributed by atoms with Crippen LogP contribution in [0.3, 0.4) is 0 Å². The lowest BCUT2D eigenvalue weighted by atomic mass is 10.0. The van der Waals surface area contributed by atoms with Gasteiger partial charge in [0, 0.05) is 23.9 Å². The summed E-state index contributed by atoms with van der Waals surface area (Å²) in [6.07, 6.45) is 0.549. The fraction of sp³-hybridized carbons (Fsp3) is 0.207. The van der Waals surface area contributed by atoms with E-state index in [4.69, 9.17) is 30.2 Å². The summed E-state index contributed by atoms with van der Waals surface area (Å²) in [5.41, 5.74) is 4.53. The second kappa shape index (κ2) is 11.8. The highest BCUT2D eigenvalue weighted by atomic mass is 35.5. The number of aromatic nitrogens is 1. The maximum atomic E-state index is 11.9. The molecule has 37 heavy (non-hydrogen) atoms. The molecule has 1 aromatic heterocycles. The first-order valence-corrected chi connectivity index (χ1v) is 12.0. The quantitative estimate of drug-likeness (QED) is 0.239. The predicted molar refractivity (Wildman–Crippen MR) is 139 cm³/mol. The number of nitrogens with zero attached hydrogens (tertiary/aromatic N) is 1. The van der Waals surface area contributed by atoms with Crippen LogP contribution in [0.15, 0.2) is 71.1 Å². The van der Waals surface area contributed by atoms with Gasteiger partial charge in [-0.1, -0.05) is 29.8 Å². The minimum Gasteiger partial charge on any atom is -0.489 e. The zero-order chi connectivity index (χ0) is 26.4. The van der Waals surface area contributed by atoms with Gasteiger partial charge >= 0.3 is 11.9 Å². The Morgan fingerprint density at radius 3 is 2.46 bits per heavy atom. The SMILES string of the molecule is COC(=O)c1ccc(COc2ccc(-c3nc(Cc4cccc(Cl)c4)oc3C)cc2)c(COC(C)=O)c1. The Morgan fingerprint density at radius 2 is 1.76 bits per heavy atom. The molecule has 0 radical (unpaired) electrons. The van der Waals surface area contributed by atoms with Crippen LogP contribution in [0.2, 0.25) is 5.02 Å². The molecule has 190 valence electrons. The molecule has 0 bridgehead atoms. The van der Waals surface area contributed by atoms with Gasteiger partial charge in [0.05, 0.1) is 12.7 Å². The van der Waals surface area contributed by atoms with E-state index in [0.717, 1.165) is 28.1 Å². The van der Waals surface area contributed by atoms with Crippen molar-refractivity contribution in [3.05, 3.63) is 106 Å². The van der Waals surface area contributed by atoms with E-state index in [1.54, 1.807) is 18.2 Å². The van der Waals surface area contributed by atoms with Gasteiger partial charge in [-0.05, 0) is 72.1 Å². The molecule has 0 amide bonds. The van der Waals surface area contributed by atoms with Gasteiger partial charge in [0.25, 0.3) is 0 Å². The zero-order valence-corrected chi connectivity index (χ0v) is 21.5. The molecule has 0 aliphatic carbocycles. The summed E-state index contributed by atoms with van der Waals surface area (Å²) in [5.74, 6) is 1.12. The van der Waals surface area contributed by atoms with Gasteiger partial charge in [0.1, 0.15) is 30.4 Å². The number of ether oxygens (including phenoxy) is 3. The Bertz CT molecular complexity index is 1410. The normalized spacial score (nSPS) is 10.7. The summed E-state index contributed by atoms with van der Waals surface area (Å²) in [6, 6.07) is 20.2. The number of carbonyl (C=O) groups excluding carboxylic acids is 2. The average molecular weight is 520 g/mol. The van der Waals surface area contributed by atoms with Crippen molar-refractivity contribution in [1.82, 2.24) is 4.98 Å². The Kier molecular flexibility index (Phi) is 8.25. The van der Waals surface area contributed by atoms with Crippen LogP contribution in [-0.4, -0.2) is 24.0 Å². The fourth-order valence-electron chi connectivity index (χ4n) is 3.81. The summed E-state index contributed by atoms with van der Waals surface area (Å²) < 4.78 is 21.8. The van der Waals surface area contributed by atoms with E-state index >= 15 is 0 Å². The Balaban J connectivity index is 1.45. The average Bonchev–Trinajstić information content (AvgIpc) is 3.25. The number of carbonyl (C=O) groups is 2. The lowest BCUT2D eigenvalue weighted by Crippen LogP contribution is -2.08. The number of rotatable bonds is 9. The molecule has 0 aliphatic heterocycles. The standard InChI is InChI=1S/C29H26ClNO6/c1-18-28(31-27(37-18)14-20-5-4-6-25(30)13-20)21-9-11-26(12-10-21)36-16-23-8-7-22(29(33)34-3)15-24(23)17-35-19(2)32/h4-13,15H,14,16-17H2,1-3H3. The highest BCUT2D eigenvalue weighted by Gasteiger charge is 2.14. The molecule has 1 heterocycles. The Morgan fingerprint density at radius 1 is 0.973 bits per heavy atom. The largest absolute Gasteiger partial charge is 0.489 e. The van der Waals surface area contributed by atoms with Gasteiger partial charge in [-0.15, -0.1) is 0 Å². The zero-order valence-electron chi connectivity index (χ0n) is 20.7. The van der Waals surface area contributed by atoms with Crippen molar-refractivity contribution >= 4 is 23.5 Å². The Labute approximate surface area is 220 Å². The topological polar surface area (TPSA) is 87.9 Å². The first-order valence-electron chi connectivity index (χ1n) is 11.6. The second-order valence-corrected chi connectivity index (χ2v) is 8.82. The van der Waals surface area contributed by atoms with Crippen LogP contribution >= 0.6 is 11.6 Å².